The van der Waals surface area contributed by atoms with E-state index >= 15 is 0 Å². The highest BCUT2D eigenvalue weighted by Crippen LogP contribution is 2.16. The van der Waals surface area contributed by atoms with Crippen LogP contribution in [-0.4, -0.2) is 11.1 Å². The fourth-order valence-electron chi connectivity index (χ4n) is 2.08. The summed E-state index contributed by atoms with van der Waals surface area (Å²) in [4.78, 5) is 4.26. The third-order valence-corrected chi connectivity index (χ3v) is 3.13. The Labute approximate surface area is 125 Å². The molecule has 0 saturated carbocycles. The lowest BCUT2D eigenvalue weighted by Crippen LogP contribution is -2.16. The summed E-state index contributed by atoms with van der Waals surface area (Å²) in [6.07, 6.45) is 1.82. The SMILES string of the molecule is Cc1cc(F)ccc1CNCc1cccnc1OC(C)C. The number of hydrogen-bond donors (Lipinski definition) is 1. The van der Waals surface area contributed by atoms with E-state index in [9.17, 15) is 4.39 Å². The lowest BCUT2D eigenvalue weighted by Gasteiger charge is -2.13. The summed E-state index contributed by atoms with van der Waals surface area (Å²) in [6, 6.07) is 8.74. The van der Waals surface area contributed by atoms with E-state index in [0.717, 1.165) is 16.7 Å². The Morgan fingerprint density at radius 2 is 1.95 bits per heavy atom. The molecule has 0 aliphatic carbocycles. The van der Waals surface area contributed by atoms with Crippen LogP contribution in [0, 0.1) is 12.7 Å². The highest BCUT2D eigenvalue weighted by atomic mass is 19.1. The monoisotopic (exact) mass is 288 g/mol. The number of pyridine rings is 1. The van der Waals surface area contributed by atoms with E-state index in [-0.39, 0.29) is 11.9 Å². The van der Waals surface area contributed by atoms with Crippen LogP contribution in [-0.2, 0) is 13.1 Å². The van der Waals surface area contributed by atoms with Gasteiger partial charge in [-0.05, 0) is 50.1 Å². The Balaban J connectivity index is 1.97. The molecule has 112 valence electrons. The highest BCUT2D eigenvalue weighted by Gasteiger charge is 2.07. The minimum absolute atomic E-state index is 0.0954. The molecule has 0 spiro atoms. The Bertz CT molecular complexity index is 599. The van der Waals surface area contributed by atoms with Gasteiger partial charge in [0.25, 0.3) is 0 Å². The number of aryl methyl sites for hydroxylation is 1. The van der Waals surface area contributed by atoms with Crippen LogP contribution in [0.15, 0.2) is 36.5 Å². The predicted octanol–water partition coefficient (Wildman–Crippen LogP) is 3.61. The first-order valence-electron chi connectivity index (χ1n) is 7.12. The second-order valence-corrected chi connectivity index (χ2v) is 5.31. The first-order valence-corrected chi connectivity index (χ1v) is 7.12. The average Bonchev–Trinajstić information content (AvgIpc) is 2.42. The van der Waals surface area contributed by atoms with Gasteiger partial charge in [0.05, 0.1) is 6.10 Å². The van der Waals surface area contributed by atoms with Gasteiger partial charge in [-0.1, -0.05) is 12.1 Å². The summed E-state index contributed by atoms with van der Waals surface area (Å²) < 4.78 is 18.8. The molecule has 0 fully saturated rings. The normalized spacial score (nSPS) is 10.9. The van der Waals surface area contributed by atoms with Crippen LogP contribution >= 0.6 is 0 Å². The number of hydrogen-bond acceptors (Lipinski definition) is 3. The largest absolute Gasteiger partial charge is 0.475 e. The molecule has 1 aromatic heterocycles. The first-order chi connectivity index (χ1) is 10.1. The van der Waals surface area contributed by atoms with Crippen molar-refractivity contribution >= 4 is 0 Å². The highest BCUT2D eigenvalue weighted by molar-refractivity contribution is 5.28. The van der Waals surface area contributed by atoms with Gasteiger partial charge < -0.3 is 10.1 Å². The van der Waals surface area contributed by atoms with E-state index in [4.69, 9.17) is 4.74 Å². The summed E-state index contributed by atoms with van der Waals surface area (Å²) in [5, 5.41) is 3.35. The van der Waals surface area contributed by atoms with Crippen molar-refractivity contribution in [3.05, 3.63) is 59.0 Å². The van der Waals surface area contributed by atoms with Gasteiger partial charge in [0, 0.05) is 24.8 Å². The van der Waals surface area contributed by atoms with Crippen molar-refractivity contribution in [1.82, 2.24) is 10.3 Å². The van der Waals surface area contributed by atoms with Crippen molar-refractivity contribution in [3.8, 4) is 5.88 Å². The Kier molecular flexibility index (Phi) is 5.28. The topological polar surface area (TPSA) is 34.2 Å². The lowest BCUT2D eigenvalue weighted by molar-refractivity contribution is 0.229. The summed E-state index contributed by atoms with van der Waals surface area (Å²) >= 11 is 0. The van der Waals surface area contributed by atoms with Crippen molar-refractivity contribution in [2.24, 2.45) is 0 Å². The van der Waals surface area contributed by atoms with Gasteiger partial charge in [-0.25, -0.2) is 9.37 Å². The quantitative estimate of drug-likeness (QED) is 0.881. The van der Waals surface area contributed by atoms with E-state index in [1.165, 1.54) is 6.07 Å². The molecule has 0 unspecified atom stereocenters. The van der Waals surface area contributed by atoms with E-state index in [2.05, 4.69) is 10.3 Å². The molecule has 0 saturated heterocycles. The number of benzene rings is 1. The van der Waals surface area contributed by atoms with E-state index in [1.807, 2.05) is 39.0 Å². The molecule has 1 aromatic carbocycles. The smallest absolute Gasteiger partial charge is 0.218 e. The minimum atomic E-state index is -0.198. The van der Waals surface area contributed by atoms with E-state index < -0.39 is 0 Å². The molecule has 0 aliphatic heterocycles. The Morgan fingerprint density at radius 3 is 2.67 bits per heavy atom. The molecule has 0 radical (unpaired) electrons. The van der Waals surface area contributed by atoms with Gasteiger partial charge in [0.1, 0.15) is 5.82 Å². The van der Waals surface area contributed by atoms with Gasteiger partial charge in [-0.2, -0.15) is 0 Å². The molecule has 4 heteroatoms. The summed E-state index contributed by atoms with van der Waals surface area (Å²) in [6.45, 7) is 7.22. The minimum Gasteiger partial charge on any atom is -0.475 e. The van der Waals surface area contributed by atoms with Crippen molar-refractivity contribution in [2.75, 3.05) is 0 Å². The fourth-order valence-corrected chi connectivity index (χ4v) is 2.08. The third kappa shape index (κ3) is 4.53. The Hall–Kier alpha value is -1.94. The average molecular weight is 288 g/mol. The lowest BCUT2D eigenvalue weighted by atomic mass is 10.1. The maximum atomic E-state index is 13.1. The Morgan fingerprint density at radius 1 is 1.19 bits per heavy atom. The number of nitrogens with one attached hydrogen (secondary N) is 1. The molecule has 21 heavy (non-hydrogen) atoms. The molecule has 0 atom stereocenters. The maximum absolute atomic E-state index is 13.1. The summed E-state index contributed by atoms with van der Waals surface area (Å²) in [5.41, 5.74) is 3.06. The molecule has 1 N–H and O–H groups in total. The first kappa shape index (κ1) is 15.4. The van der Waals surface area contributed by atoms with Crippen LogP contribution < -0.4 is 10.1 Å². The molecule has 2 rings (SSSR count). The molecule has 0 aliphatic rings. The van der Waals surface area contributed by atoms with E-state index in [1.54, 1.807) is 12.3 Å². The number of ether oxygens (including phenoxy) is 1. The van der Waals surface area contributed by atoms with Crippen molar-refractivity contribution in [2.45, 2.75) is 40.0 Å². The van der Waals surface area contributed by atoms with Crippen LogP contribution in [0.4, 0.5) is 4.39 Å². The standard InChI is InChI=1S/C17H21FN2O/c1-12(2)21-17-15(5-4-8-20-17)11-19-10-14-6-7-16(18)9-13(14)3/h4-9,12,19H,10-11H2,1-3H3. The molecular weight excluding hydrogens is 267 g/mol. The molecule has 0 bridgehead atoms. The summed E-state index contributed by atoms with van der Waals surface area (Å²) in [5.74, 6) is 0.465. The number of aromatic nitrogens is 1. The molecule has 2 aromatic rings. The van der Waals surface area contributed by atoms with E-state index in [0.29, 0.717) is 19.0 Å². The molecule has 0 amide bonds. The second-order valence-electron chi connectivity index (χ2n) is 5.31. The molecule has 1 heterocycles. The molecule has 3 nitrogen and oxygen atoms in total. The van der Waals surface area contributed by atoms with Crippen molar-refractivity contribution in [1.29, 1.82) is 0 Å². The van der Waals surface area contributed by atoms with Gasteiger partial charge in [0.15, 0.2) is 0 Å². The zero-order valence-corrected chi connectivity index (χ0v) is 12.7. The maximum Gasteiger partial charge on any atom is 0.218 e. The fraction of sp³-hybridized carbons (Fsp3) is 0.353. The predicted molar refractivity (Wildman–Crippen MR) is 81.7 cm³/mol. The van der Waals surface area contributed by atoms with Crippen molar-refractivity contribution < 1.29 is 9.13 Å². The van der Waals surface area contributed by atoms with Crippen LogP contribution in [0.5, 0.6) is 5.88 Å². The zero-order chi connectivity index (χ0) is 15.2. The number of nitrogens with zero attached hydrogens (tertiary/aromatic N) is 1. The second kappa shape index (κ2) is 7.18. The van der Waals surface area contributed by atoms with Gasteiger partial charge in [-0.15, -0.1) is 0 Å². The number of halogens is 1. The summed E-state index contributed by atoms with van der Waals surface area (Å²) in [7, 11) is 0. The van der Waals surface area contributed by atoms with Gasteiger partial charge in [-0.3, -0.25) is 0 Å². The van der Waals surface area contributed by atoms with Crippen LogP contribution in [0.25, 0.3) is 0 Å². The third-order valence-electron chi connectivity index (χ3n) is 3.13. The van der Waals surface area contributed by atoms with Gasteiger partial charge >= 0.3 is 0 Å². The van der Waals surface area contributed by atoms with Gasteiger partial charge in [0.2, 0.25) is 5.88 Å². The van der Waals surface area contributed by atoms with Crippen LogP contribution in [0.2, 0.25) is 0 Å². The molecular formula is C17H21FN2O. The number of rotatable bonds is 6. The van der Waals surface area contributed by atoms with Crippen molar-refractivity contribution in [3.63, 3.8) is 0 Å². The van der Waals surface area contributed by atoms with Crippen LogP contribution in [0.3, 0.4) is 0 Å². The van der Waals surface area contributed by atoms with Crippen LogP contribution in [0.1, 0.15) is 30.5 Å². The zero-order valence-electron chi connectivity index (χ0n) is 12.7.